The van der Waals surface area contributed by atoms with Crippen LogP contribution in [0.5, 0.6) is 0 Å². The van der Waals surface area contributed by atoms with Crippen LogP contribution in [-0.2, 0) is 18.1 Å². The van der Waals surface area contributed by atoms with Crippen molar-refractivity contribution < 1.29 is 18.1 Å². The van der Waals surface area contributed by atoms with E-state index in [1.165, 1.54) is 0 Å². The molecule has 1 unspecified atom stereocenters. The molecular weight excluding hydrogens is 214 g/mol. The van der Waals surface area contributed by atoms with E-state index in [0.717, 1.165) is 0 Å². The van der Waals surface area contributed by atoms with E-state index in [0.29, 0.717) is 0 Å². The second-order valence-corrected chi connectivity index (χ2v) is 5.12. The molecule has 4 nitrogen and oxygen atoms in total. The first-order valence-corrected chi connectivity index (χ1v) is 5.98. The largest absolute Gasteiger partial charge is 0.476 e. The van der Waals surface area contributed by atoms with Crippen molar-refractivity contribution in [2.75, 3.05) is 12.7 Å². The lowest BCUT2D eigenvalue weighted by Crippen LogP contribution is -2.19. The molecule has 0 aliphatic carbocycles. The highest BCUT2D eigenvalue weighted by Crippen LogP contribution is 2.52. The lowest BCUT2D eigenvalue weighted by atomic mass is 10.2. The highest BCUT2D eigenvalue weighted by molar-refractivity contribution is 7.48. The van der Waals surface area contributed by atoms with Crippen molar-refractivity contribution in [2.24, 2.45) is 0 Å². The van der Waals surface area contributed by atoms with Gasteiger partial charge in [-0.15, -0.1) is 0 Å². The second-order valence-electron chi connectivity index (χ2n) is 3.31. The van der Waals surface area contributed by atoms with Crippen molar-refractivity contribution in [1.29, 1.82) is 0 Å². The molecule has 0 amide bonds. The number of rotatable bonds is 5. The van der Waals surface area contributed by atoms with Gasteiger partial charge < -0.3 is 0 Å². The van der Waals surface area contributed by atoms with E-state index in [2.05, 4.69) is 0 Å². The molecule has 6 heteroatoms. The fraction of sp³-hybridized carbons (Fsp3) is 1.00. The third kappa shape index (κ3) is 6.47. The lowest BCUT2D eigenvalue weighted by molar-refractivity contribution is 0.0517. The molecule has 0 aromatic carbocycles. The lowest BCUT2D eigenvalue weighted by Gasteiger charge is -2.24. The Hall–Kier alpha value is 0.400. The van der Waals surface area contributed by atoms with Gasteiger partial charge in [0.25, 0.3) is 0 Å². The summed E-state index contributed by atoms with van der Waals surface area (Å²) < 4.78 is 26.4. The Morgan fingerprint density at radius 3 is 2.15 bits per heavy atom. The Morgan fingerprint density at radius 2 is 1.85 bits per heavy atom. The summed E-state index contributed by atoms with van der Waals surface area (Å²) in [4.78, 5) is 0. The van der Waals surface area contributed by atoms with Crippen molar-refractivity contribution >= 4 is 19.4 Å². The minimum Gasteiger partial charge on any atom is -0.287 e. The first kappa shape index (κ1) is 13.4. The van der Waals surface area contributed by atoms with Gasteiger partial charge in [-0.1, -0.05) is 11.6 Å². The maximum Gasteiger partial charge on any atom is 0.476 e. The van der Waals surface area contributed by atoms with E-state index in [-0.39, 0.29) is 12.7 Å². The third-order valence-electron chi connectivity index (χ3n) is 0.880. The van der Waals surface area contributed by atoms with E-state index in [4.69, 9.17) is 25.2 Å². The Bertz CT molecular complexity index is 179. The molecule has 0 aromatic rings. The number of phosphoric acid groups is 1. The van der Waals surface area contributed by atoms with Gasteiger partial charge in [-0.3, -0.25) is 13.6 Å². The number of alkyl halides is 1. The second kappa shape index (κ2) is 5.32. The number of hydrogen-bond acceptors (Lipinski definition) is 4. The van der Waals surface area contributed by atoms with Crippen LogP contribution in [0.4, 0.5) is 0 Å². The van der Waals surface area contributed by atoms with Crippen molar-refractivity contribution in [1.82, 2.24) is 0 Å². The van der Waals surface area contributed by atoms with Crippen LogP contribution in [0.3, 0.4) is 0 Å². The van der Waals surface area contributed by atoms with Gasteiger partial charge in [0.15, 0.2) is 0 Å². The fourth-order valence-corrected chi connectivity index (χ4v) is 2.29. The van der Waals surface area contributed by atoms with E-state index < -0.39 is 13.4 Å². The summed E-state index contributed by atoms with van der Waals surface area (Å²) >= 11 is 5.30. The van der Waals surface area contributed by atoms with E-state index >= 15 is 0 Å². The summed E-state index contributed by atoms with van der Waals surface area (Å²) in [6, 6.07) is -0.215. The van der Waals surface area contributed by atoms with E-state index in [9.17, 15) is 4.57 Å². The third-order valence-corrected chi connectivity index (χ3v) is 2.93. The minimum atomic E-state index is -3.47. The normalized spacial score (nSPS) is 17.0. The summed E-state index contributed by atoms with van der Waals surface area (Å²) in [7, 11) is -3.47. The van der Waals surface area contributed by atoms with Crippen LogP contribution in [0, 0.1) is 0 Å². The summed E-state index contributed by atoms with van der Waals surface area (Å²) in [6.07, 6.45) is 0. The van der Waals surface area contributed by atoms with Crippen LogP contribution in [0.1, 0.15) is 27.7 Å². The quantitative estimate of drug-likeness (QED) is 0.538. The predicted octanol–water partition coefficient (Wildman–Crippen LogP) is 3.16. The van der Waals surface area contributed by atoms with E-state index in [1.54, 1.807) is 27.7 Å². The van der Waals surface area contributed by atoms with Crippen molar-refractivity contribution in [3.8, 4) is 0 Å². The minimum absolute atomic E-state index is 0.215. The van der Waals surface area contributed by atoms with Gasteiger partial charge in [-0.05, 0) is 27.7 Å². The molecule has 80 valence electrons. The van der Waals surface area contributed by atoms with Gasteiger partial charge in [0.1, 0.15) is 6.07 Å². The molecule has 0 heterocycles. The van der Waals surface area contributed by atoms with Crippen LogP contribution in [-0.4, -0.2) is 18.3 Å². The highest BCUT2D eigenvalue weighted by Gasteiger charge is 2.31. The Morgan fingerprint density at radius 1 is 1.31 bits per heavy atom. The van der Waals surface area contributed by atoms with E-state index in [1.807, 2.05) is 0 Å². The van der Waals surface area contributed by atoms with Gasteiger partial charge in [0, 0.05) is 0 Å². The predicted molar refractivity (Wildman–Crippen MR) is 51.9 cm³/mol. The maximum absolute atomic E-state index is 11.7. The molecular formula is C7H16ClO4P. The molecule has 0 bridgehead atoms. The zero-order valence-electron chi connectivity index (χ0n) is 8.37. The SMILES string of the molecule is CCOP(=O)(OCCl)OC(C)(C)C. The molecule has 0 radical (unpaired) electrons. The van der Waals surface area contributed by atoms with Crippen molar-refractivity contribution in [2.45, 2.75) is 33.3 Å². The van der Waals surface area contributed by atoms with Gasteiger partial charge in [0.05, 0.1) is 12.2 Å². The maximum atomic E-state index is 11.7. The van der Waals surface area contributed by atoms with Gasteiger partial charge in [-0.2, -0.15) is 0 Å². The molecule has 1 atom stereocenters. The zero-order chi connectivity index (χ0) is 10.5. The molecule has 0 fully saturated rings. The molecule has 0 saturated heterocycles. The number of halogens is 1. The first-order valence-electron chi connectivity index (χ1n) is 3.99. The number of phosphoric ester groups is 1. The smallest absolute Gasteiger partial charge is 0.287 e. The zero-order valence-corrected chi connectivity index (χ0v) is 10.0. The molecule has 0 N–H and O–H groups in total. The summed E-state index contributed by atoms with van der Waals surface area (Å²) in [5, 5.41) is 0. The molecule has 0 spiro atoms. The van der Waals surface area contributed by atoms with Crippen molar-refractivity contribution in [3.63, 3.8) is 0 Å². The average molecular weight is 231 g/mol. The Balaban J connectivity index is 4.33. The average Bonchev–Trinajstić information content (AvgIpc) is 1.82. The van der Waals surface area contributed by atoms with Crippen LogP contribution < -0.4 is 0 Å². The van der Waals surface area contributed by atoms with Crippen molar-refractivity contribution in [3.05, 3.63) is 0 Å². The van der Waals surface area contributed by atoms with Gasteiger partial charge in [-0.25, -0.2) is 4.57 Å². The fourth-order valence-electron chi connectivity index (χ4n) is 0.643. The van der Waals surface area contributed by atoms with Crippen LogP contribution in [0.25, 0.3) is 0 Å². The van der Waals surface area contributed by atoms with Crippen LogP contribution in [0.15, 0.2) is 0 Å². The number of hydrogen-bond donors (Lipinski definition) is 0. The Kier molecular flexibility index (Phi) is 5.49. The molecule has 0 aliphatic heterocycles. The summed E-state index contributed by atoms with van der Waals surface area (Å²) in [5.41, 5.74) is -0.587. The molecule has 0 aliphatic rings. The molecule has 0 saturated carbocycles. The molecule has 13 heavy (non-hydrogen) atoms. The van der Waals surface area contributed by atoms with Gasteiger partial charge >= 0.3 is 7.82 Å². The van der Waals surface area contributed by atoms with Crippen LogP contribution >= 0.6 is 19.4 Å². The first-order chi connectivity index (χ1) is 5.83. The monoisotopic (exact) mass is 230 g/mol. The summed E-state index contributed by atoms with van der Waals surface area (Å²) in [6.45, 7) is 7.24. The summed E-state index contributed by atoms with van der Waals surface area (Å²) in [5.74, 6) is 0. The topological polar surface area (TPSA) is 44.8 Å². The highest BCUT2D eigenvalue weighted by atomic mass is 35.5. The van der Waals surface area contributed by atoms with Crippen LogP contribution in [0.2, 0.25) is 0 Å². The Labute approximate surface area is 84.1 Å². The standard InChI is InChI=1S/C7H16ClO4P/c1-5-10-13(9,11-6-8)12-7(2,3)4/h5-6H2,1-4H3. The molecule has 0 aromatic heterocycles. The van der Waals surface area contributed by atoms with Gasteiger partial charge in [0.2, 0.25) is 0 Å². The molecule has 0 rings (SSSR count).